The van der Waals surface area contributed by atoms with Gasteiger partial charge in [0.05, 0.1) is 0 Å². The summed E-state index contributed by atoms with van der Waals surface area (Å²) in [7, 11) is 0. The lowest BCUT2D eigenvalue weighted by Crippen LogP contribution is -2.12. The van der Waals surface area contributed by atoms with Crippen LogP contribution in [0.4, 0.5) is 0 Å². The van der Waals surface area contributed by atoms with Crippen LogP contribution in [-0.4, -0.2) is 25.4 Å². The zero-order valence-corrected chi connectivity index (χ0v) is 9.55. The van der Waals surface area contributed by atoms with Crippen molar-refractivity contribution in [2.45, 2.75) is 32.1 Å². The molecule has 2 heterocycles. The van der Waals surface area contributed by atoms with Crippen LogP contribution in [-0.2, 0) is 0 Å². The van der Waals surface area contributed by atoms with E-state index in [1.54, 1.807) is 6.20 Å². The van der Waals surface area contributed by atoms with Gasteiger partial charge in [-0.1, -0.05) is 6.42 Å². The lowest BCUT2D eigenvalue weighted by Gasteiger charge is -2.23. The largest absolute Gasteiger partial charge is 0.476 e. The van der Waals surface area contributed by atoms with Gasteiger partial charge in [-0.15, -0.1) is 0 Å². The van der Waals surface area contributed by atoms with Crippen LogP contribution in [0.5, 0.6) is 0 Å². The van der Waals surface area contributed by atoms with Crippen molar-refractivity contribution in [2.24, 2.45) is 0 Å². The van der Waals surface area contributed by atoms with Crippen LogP contribution in [0, 0.1) is 6.92 Å². The summed E-state index contributed by atoms with van der Waals surface area (Å²) >= 11 is 0. The number of hydrogen-bond donors (Lipinski definition) is 1. The maximum Gasteiger partial charge on any atom is 0.358 e. The Bertz CT molecular complexity index is 599. The minimum atomic E-state index is -1.01. The van der Waals surface area contributed by atoms with Gasteiger partial charge in [-0.05, 0) is 25.3 Å². The third kappa shape index (κ3) is 1.50. The van der Waals surface area contributed by atoms with Gasteiger partial charge in [0, 0.05) is 18.3 Å². The molecule has 2 aromatic rings. The lowest BCUT2D eigenvalue weighted by molar-refractivity contribution is 0.0692. The highest BCUT2D eigenvalue weighted by Crippen LogP contribution is 2.36. The van der Waals surface area contributed by atoms with Gasteiger partial charge < -0.3 is 5.11 Å². The molecular formula is C12H13N3O2. The summed E-state index contributed by atoms with van der Waals surface area (Å²) in [5.41, 5.74) is 1.52. The fourth-order valence-corrected chi connectivity index (χ4v) is 2.19. The van der Waals surface area contributed by atoms with Crippen molar-refractivity contribution in [3.8, 4) is 0 Å². The number of rotatable bonds is 2. The Morgan fingerprint density at radius 3 is 2.88 bits per heavy atom. The molecule has 1 N–H and O–H groups in total. The molecule has 3 rings (SSSR count). The fourth-order valence-electron chi connectivity index (χ4n) is 2.19. The van der Waals surface area contributed by atoms with Gasteiger partial charge >= 0.3 is 5.97 Å². The summed E-state index contributed by atoms with van der Waals surface area (Å²) in [6.07, 6.45) is 6.96. The van der Waals surface area contributed by atoms with E-state index in [0.29, 0.717) is 11.6 Å². The lowest BCUT2D eigenvalue weighted by atomic mass is 9.85. The minimum absolute atomic E-state index is 0.0619. The highest BCUT2D eigenvalue weighted by atomic mass is 16.4. The van der Waals surface area contributed by atoms with Crippen molar-refractivity contribution in [3.63, 3.8) is 0 Å². The predicted octanol–water partition coefficient (Wildman–Crippen LogP) is 2.00. The van der Waals surface area contributed by atoms with E-state index in [0.717, 1.165) is 24.2 Å². The Morgan fingerprint density at radius 2 is 2.29 bits per heavy atom. The molecule has 88 valence electrons. The van der Waals surface area contributed by atoms with Crippen LogP contribution in [0.15, 0.2) is 12.4 Å². The molecule has 1 aliphatic carbocycles. The Balaban J connectivity index is 2.26. The monoisotopic (exact) mass is 231 g/mol. The standard InChI is InChI=1S/C12H13N3O2/c1-7-5-13-11-9(12(16)17)14-10(15(11)6-7)8-3-2-4-8/h5-6,8H,2-4H2,1H3,(H,16,17). The predicted molar refractivity (Wildman–Crippen MR) is 61.3 cm³/mol. The molecule has 1 fully saturated rings. The van der Waals surface area contributed by atoms with E-state index < -0.39 is 5.97 Å². The summed E-state index contributed by atoms with van der Waals surface area (Å²) in [5.74, 6) is 0.225. The maximum atomic E-state index is 11.1. The molecule has 0 aliphatic heterocycles. The second kappa shape index (κ2) is 3.55. The molecule has 5 nitrogen and oxygen atoms in total. The molecule has 0 amide bonds. The molecule has 0 unspecified atom stereocenters. The quantitative estimate of drug-likeness (QED) is 0.858. The Labute approximate surface area is 98.1 Å². The third-order valence-electron chi connectivity index (χ3n) is 3.31. The van der Waals surface area contributed by atoms with Crippen molar-refractivity contribution >= 4 is 11.6 Å². The smallest absolute Gasteiger partial charge is 0.358 e. The van der Waals surface area contributed by atoms with Gasteiger partial charge in [0.2, 0.25) is 0 Å². The molecule has 0 aromatic carbocycles. The molecule has 5 heteroatoms. The number of nitrogens with zero attached hydrogens (tertiary/aromatic N) is 3. The van der Waals surface area contributed by atoms with Crippen LogP contribution in [0.3, 0.4) is 0 Å². The first-order valence-corrected chi connectivity index (χ1v) is 5.74. The van der Waals surface area contributed by atoms with Crippen LogP contribution < -0.4 is 0 Å². The Hall–Kier alpha value is -1.91. The van der Waals surface area contributed by atoms with E-state index in [-0.39, 0.29) is 5.69 Å². The molecule has 0 bridgehead atoms. The van der Waals surface area contributed by atoms with Crippen molar-refractivity contribution < 1.29 is 9.90 Å². The summed E-state index contributed by atoms with van der Waals surface area (Å²) in [6, 6.07) is 0. The van der Waals surface area contributed by atoms with Crippen LogP contribution >= 0.6 is 0 Å². The number of carbonyl (C=O) groups is 1. The number of aromatic nitrogens is 3. The molecule has 0 spiro atoms. The van der Waals surface area contributed by atoms with E-state index in [2.05, 4.69) is 9.97 Å². The highest BCUT2D eigenvalue weighted by molar-refractivity contribution is 5.92. The number of aryl methyl sites for hydroxylation is 1. The molecule has 2 aromatic heterocycles. The number of carboxylic acid groups (broad SMARTS) is 1. The van der Waals surface area contributed by atoms with Gasteiger partial charge in [0.25, 0.3) is 0 Å². The number of carboxylic acids is 1. The van der Waals surface area contributed by atoms with E-state index in [1.807, 2.05) is 17.5 Å². The average Bonchev–Trinajstić information content (AvgIpc) is 2.55. The first kappa shape index (κ1) is 10.3. The summed E-state index contributed by atoms with van der Waals surface area (Å²) in [5, 5.41) is 9.12. The number of fused-ring (bicyclic) bond motifs is 1. The Kier molecular flexibility index (Phi) is 2.14. The molecular weight excluding hydrogens is 218 g/mol. The van der Waals surface area contributed by atoms with E-state index in [4.69, 9.17) is 5.11 Å². The van der Waals surface area contributed by atoms with Gasteiger partial charge in [0.1, 0.15) is 5.82 Å². The third-order valence-corrected chi connectivity index (χ3v) is 3.31. The fraction of sp³-hybridized carbons (Fsp3) is 0.417. The average molecular weight is 231 g/mol. The SMILES string of the molecule is Cc1cnc2c(C(=O)O)nc(C3CCC3)n2c1. The molecule has 0 radical (unpaired) electrons. The number of imidazole rings is 1. The molecule has 17 heavy (non-hydrogen) atoms. The maximum absolute atomic E-state index is 11.1. The van der Waals surface area contributed by atoms with Gasteiger partial charge in [-0.2, -0.15) is 0 Å². The van der Waals surface area contributed by atoms with Gasteiger partial charge in [0.15, 0.2) is 11.3 Å². The number of aromatic carboxylic acids is 1. The number of hydrogen-bond acceptors (Lipinski definition) is 3. The van der Waals surface area contributed by atoms with E-state index >= 15 is 0 Å². The van der Waals surface area contributed by atoms with Crippen LogP contribution in [0.1, 0.15) is 47.1 Å². The van der Waals surface area contributed by atoms with E-state index in [1.165, 1.54) is 6.42 Å². The topological polar surface area (TPSA) is 67.5 Å². The first-order valence-electron chi connectivity index (χ1n) is 5.74. The zero-order valence-electron chi connectivity index (χ0n) is 9.55. The van der Waals surface area contributed by atoms with Crippen LogP contribution in [0.25, 0.3) is 5.65 Å². The van der Waals surface area contributed by atoms with Crippen LogP contribution in [0.2, 0.25) is 0 Å². The second-order valence-corrected chi connectivity index (χ2v) is 4.58. The van der Waals surface area contributed by atoms with Gasteiger partial charge in [-0.3, -0.25) is 4.40 Å². The van der Waals surface area contributed by atoms with Crippen molar-refractivity contribution in [1.29, 1.82) is 0 Å². The minimum Gasteiger partial charge on any atom is -0.476 e. The molecule has 1 saturated carbocycles. The summed E-state index contributed by atoms with van der Waals surface area (Å²) in [6.45, 7) is 1.94. The van der Waals surface area contributed by atoms with Crippen molar-refractivity contribution in [2.75, 3.05) is 0 Å². The van der Waals surface area contributed by atoms with Crippen molar-refractivity contribution in [3.05, 3.63) is 29.5 Å². The highest BCUT2D eigenvalue weighted by Gasteiger charge is 2.27. The normalized spacial score (nSPS) is 16.1. The van der Waals surface area contributed by atoms with E-state index in [9.17, 15) is 4.79 Å². The second-order valence-electron chi connectivity index (χ2n) is 4.58. The summed E-state index contributed by atoms with van der Waals surface area (Å²) < 4.78 is 1.84. The molecule has 1 aliphatic rings. The summed E-state index contributed by atoms with van der Waals surface area (Å²) in [4.78, 5) is 19.6. The Morgan fingerprint density at radius 1 is 1.53 bits per heavy atom. The van der Waals surface area contributed by atoms with Crippen molar-refractivity contribution in [1.82, 2.24) is 14.4 Å². The molecule has 0 saturated heterocycles. The zero-order chi connectivity index (χ0) is 12.0. The van der Waals surface area contributed by atoms with Gasteiger partial charge in [-0.25, -0.2) is 14.8 Å². The first-order chi connectivity index (χ1) is 8.16. The molecule has 0 atom stereocenters.